The summed E-state index contributed by atoms with van der Waals surface area (Å²) in [6.45, 7) is 2.11. The Morgan fingerprint density at radius 3 is 2.71 bits per heavy atom. The molecule has 2 aromatic rings. The number of halogens is 2. The SMILES string of the molecule is Cc1cccc(SCc2ccc(Br)cc2Cl)c1. The van der Waals surface area contributed by atoms with Gasteiger partial charge in [-0.3, -0.25) is 0 Å². The highest BCUT2D eigenvalue weighted by atomic mass is 79.9. The zero-order valence-electron chi connectivity index (χ0n) is 9.41. The molecule has 2 rings (SSSR count). The fourth-order valence-corrected chi connectivity index (χ4v) is 3.34. The maximum absolute atomic E-state index is 6.18. The topological polar surface area (TPSA) is 0 Å². The molecule has 17 heavy (non-hydrogen) atoms. The van der Waals surface area contributed by atoms with Crippen LogP contribution in [0.2, 0.25) is 5.02 Å². The lowest BCUT2D eigenvalue weighted by Gasteiger charge is -2.05. The van der Waals surface area contributed by atoms with E-state index in [0.717, 1.165) is 15.2 Å². The van der Waals surface area contributed by atoms with E-state index in [1.165, 1.54) is 16.0 Å². The van der Waals surface area contributed by atoms with Crippen LogP contribution in [0.1, 0.15) is 11.1 Å². The zero-order chi connectivity index (χ0) is 12.3. The van der Waals surface area contributed by atoms with Crippen molar-refractivity contribution < 1.29 is 0 Å². The van der Waals surface area contributed by atoms with Gasteiger partial charge < -0.3 is 0 Å². The molecule has 0 atom stereocenters. The number of hydrogen-bond acceptors (Lipinski definition) is 1. The van der Waals surface area contributed by atoms with E-state index < -0.39 is 0 Å². The molecule has 0 aliphatic carbocycles. The molecule has 0 amide bonds. The molecular weight excluding hydrogens is 316 g/mol. The van der Waals surface area contributed by atoms with Gasteiger partial charge in [0.2, 0.25) is 0 Å². The minimum atomic E-state index is 0.819. The van der Waals surface area contributed by atoms with Crippen LogP contribution in [-0.4, -0.2) is 0 Å². The standard InChI is InChI=1S/C14H12BrClS/c1-10-3-2-4-13(7-10)17-9-11-5-6-12(15)8-14(11)16/h2-8H,9H2,1H3. The summed E-state index contributed by atoms with van der Waals surface area (Å²) >= 11 is 11.4. The highest BCUT2D eigenvalue weighted by Crippen LogP contribution is 2.28. The fraction of sp³-hybridized carbons (Fsp3) is 0.143. The Kier molecular flexibility index (Phi) is 4.55. The predicted octanol–water partition coefficient (Wildman–Crippen LogP) is 5.70. The van der Waals surface area contributed by atoms with Crippen LogP contribution in [-0.2, 0) is 5.75 Å². The van der Waals surface area contributed by atoms with Crippen molar-refractivity contribution in [2.24, 2.45) is 0 Å². The van der Waals surface area contributed by atoms with E-state index in [4.69, 9.17) is 11.6 Å². The molecule has 0 N–H and O–H groups in total. The third kappa shape index (κ3) is 3.77. The van der Waals surface area contributed by atoms with Gasteiger partial charge in [-0.25, -0.2) is 0 Å². The maximum Gasteiger partial charge on any atom is 0.0457 e. The lowest BCUT2D eigenvalue weighted by Crippen LogP contribution is -1.83. The third-order valence-corrected chi connectivity index (χ3v) is 4.29. The zero-order valence-corrected chi connectivity index (χ0v) is 12.6. The van der Waals surface area contributed by atoms with E-state index in [1.807, 2.05) is 23.9 Å². The first-order valence-electron chi connectivity index (χ1n) is 5.28. The van der Waals surface area contributed by atoms with E-state index in [2.05, 4.69) is 53.2 Å². The average Bonchev–Trinajstić information content (AvgIpc) is 2.28. The number of rotatable bonds is 3. The first-order chi connectivity index (χ1) is 8.15. The molecule has 2 aromatic carbocycles. The summed E-state index contributed by atoms with van der Waals surface area (Å²) in [4.78, 5) is 1.28. The van der Waals surface area contributed by atoms with Gasteiger partial charge in [-0.1, -0.05) is 51.3 Å². The molecule has 0 aromatic heterocycles. The summed E-state index contributed by atoms with van der Waals surface area (Å²) in [6, 6.07) is 14.5. The highest BCUT2D eigenvalue weighted by Gasteiger charge is 2.02. The van der Waals surface area contributed by atoms with Crippen molar-refractivity contribution >= 4 is 39.3 Å². The van der Waals surface area contributed by atoms with Crippen molar-refractivity contribution in [3.8, 4) is 0 Å². The second-order valence-electron chi connectivity index (χ2n) is 3.84. The van der Waals surface area contributed by atoms with E-state index in [1.54, 1.807) is 0 Å². The van der Waals surface area contributed by atoms with Crippen LogP contribution in [0.4, 0.5) is 0 Å². The van der Waals surface area contributed by atoms with Crippen LogP contribution < -0.4 is 0 Å². The molecule has 0 bridgehead atoms. The summed E-state index contributed by atoms with van der Waals surface area (Å²) in [7, 11) is 0. The lowest BCUT2D eigenvalue weighted by atomic mass is 10.2. The van der Waals surface area contributed by atoms with Crippen molar-refractivity contribution in [3.63, 3.8) is 0 Å². The maximum atomic E-state index is 6.18. The summed E-state index contributed by atoms with van der Waals surface area (Å²) in [5, 5.41) is 0.819. The van der Waals surface area contributed by atoms with E-state index in [9.17, 15) is 0 Å². The summed E-state index contributed by atoms with van der Waals surface area (Å²) in [5.41, 5.74) is 2.46. The monoisotopic (exact) mass is 326 g/mol. The molecular formula is C14H12BrClS. The molecule has 0 radical (unpaired) electrons. The minimum absolute atomic E-state index is 0.819. The first-order valence-corrected chi connectivity index (χ1v) is 7.44. The molecule has 88 valence electrons. The Bertz CT molecular complexity index is 525. The number of thioether (sulfide) groups is 1. The second kappa shape index (κ2) is 5.94. The Labute approximate surface area is 120 Å². The van der Waals surface area contributed by atoms with Gasteiger partial charge >= 0.3 is 0 Å². The number of aryl methyl sites for hydroxylation is 1. The van der Waals surface area contributed by atoms with E-state index >= 15 is 0 Å². The molecule has 0 aliphatic rings. The van der Waals surface area contributed by atoms with Gasteiger partial charge in [-0.2, -0.15) is 0 Å². The second-order valence-corrected chi connectivity index (χ2v) is 6.21. The average molecular weight is 328 g/mol. The van der Waals surface area contributed by atoms with Gasteiger partial charge in [-0.05, 0) is 36.8 Å². The quantitative estimate of drug-likeness (QED) is 0.651. The molecule has 0 saturated heterocycles. The smallest absolute Gasteiger partial charge is 0.0457 e. The highest BCUT2D eigenvalue weighted by molar-refractivity contribution is 9.10. The van der Waals surface area contributed by atoms with Crippen molar-refractivity contribution in [1.82, 2.24) is 0 Å². The van der Waals surface area contributed by atoms with Gasteiger partial charge in [0, 0.05) is 20.1 Å². The van der Waals surface area contributed by atoms with Crippen molar-refractivity contribution in [2.45, 2.75) is 17.6 Å². The van der Waals surface area contributed by atoms with Gasteiger partial charge in [-0.15, -0.1) is 11.8 Å². The summed E-state index contributed by atoms with van der Waals surface area (Å²) in [5.74, 6) is 0.898. The van der Waals surface area contributed by atoms with Crippen LogP contribution in [0, 0.1) is 6.92 Å². The molecule has 0 fully saturated rings. The van der Waals surface area contributed by atoms with Crippen LogP contribution in [0.3, 0.4) is 0 Å². The third-order valence-electron chi connectivity index (χ3n) is 2.40. The summed E-state index contributed by atoms with van der Waals surface area (Å²) < 4.78 is 1.02. The molecule has 0 spiro atoms. The Balaban J connectivity index is 2.07. The van der Waals surface area contributed by atoms with E-state index in [-0.39, 0.29) is 0 Å². The van der Waals surface area contributed by atoms with E-state index in [0.29, 0.717) is 0 Å². The van der Waals surface area contributed by atoms with Crippen LogP contribution in [0.15, 0.2) is 51.8 Å². The first kappa shape index (κ1) is 13.0. The summed E-state index contributed by atoms with van der Waals surface area (Å²) in [6.07, 6.45) is 0. The van der Waals surface area contributed by atoms with Crippen LogP contribution >= 0.6 is 39.3 Å². The van der Waals surface area contributed by atoms with Crippen molar-refractivity contribution in [2.75, 3.05) is 0 Å². The van der Waals surface area contributed by atoms with Gasteiger partial charge in [0.25, 0.3) is 0 Å². The normalized spacial score (nSPS) is 10.5. The van der Waals surface area contributed by atoms with Gasteiger partial charge in [0.1, 0.15) is 0 Å². The van der Waals surface area contributed by atoms with Crippen molar-refractivity contribution in [3.05, 3.63) is 63.1 Å². The van der Waals surface area contributed by atoms with Crippen LogP contribution in [0.5, 0.6) is 0 Å². The van der Waals surface area contributed by atoms with Crippen molar-refractivity contribution in [1.29, 1.82) is 0 Å². The Hall–Kier alpha value is -0.440. The van der Waals surface area contributed by atoms with Gasteiger partial charge in [0.15, 0.2) is 0 Å². The Morgan fingerprint density at radius 2 is 2.00 bits per heavy atom. The molecule has 0 saturated carbocycles. The molecule has 3 heteroatoms. The lowest BCUT2D eigenvalue weighted by molar-refractivity contribution is 1.34. The Morgan fingerprint density at radius 1 is 1.18 bits per heavy atom. The fourth-order valence-electron chi connectivity index (χ4n) is 1.50. The molecule has 0 aliphatic heterocycles. The largest absolute Gasteiger partial charge is 0.121 e. The molecule has 0 heterocycles. The number of hydrogen-bond donors (Lipinski definition) is 0. The van der Waals surface area contributed by atoms with Crippen LogP contribution in [0.25, 0.3) is 0 Å². The number of benzene rings is 2. The minimum Gasteiger partial charge on any atom is -0.121 e. The van der Waals surface area contributed by atoms with Gasteiger partial charge in [0.05, 0.1) is 0 Å². The molecule has 0 nitrogen and oxygen atoms in total. The predicted molar refractivity (Wildman–Crippen MR) is 79.9 cm³/mol. The molecule has 0 unspecified atom stereocenters.